The Morgan fingerprint density at radius 2 is 1.95 bits per heavy atom. The lowest BCUT2D eigenvalue weighted by Crippen LogP contribution is -2.41. The summed E-state index contributed by atoms with van der Waals surface area (Å²) in [5.41, 5.74) is 0. The van der Waals surface area contributed by atoms with Gasteiger partial charge in [-0.2, -0.15) is 0 Å². The first-order chi connectivity index (χ1) is 9.36. The molecule has 2 rings (SSSR count). The number of amides is 2. The first-order valence-electron chi connectivity index (χ1n) is 7.76. The summed E-state index contributed by atoms with van der Waals surface area (Å²) in [6.07, 6.45) is 5.41. The van der Waals surface area contributed by atoms with Crippen LogP contribution in [-0.4, -0.2) is 33.8 Å². The average Bonchev–Trinajstić information content (AvgIpc) is 2.97. The van der Waals surface area contributed by atoms with Crippen LogP contribution in [0.3, 0.4) is 0 Å². The molecule has 2 saturated carbocycles. The molecule has 2 fully saturated rings. The minimum atomic E-state index is -0.904. The molecule has 0 aromatic rings. The highest BCUT2D eigenvalue weighted by Gasteiger charge is 2.39. The minimum Gasteiger partial charge on any atom is -0.338 e. The van der Waals surface area contributed by atoms with Gasteiger partial charge < -0.3 is 10.6 Å². The van der Waals surface area contributed by atoms with Gasteiger partial charge in [0, 0.05) is 34.4 Å². The van der Waals surface area contributed by atoms with E-state index in [1.165, 1.54) is 25.7 Å². The van der Waals surface area contributed by atoms with Crippen molar-refractivity contribution in [2.45, 2.75) is 51.2 Å². The van der Waals surface area contributed by atoms with Gasteiger partial charge in [0.25, 0.3) is 0 Å². The molecule has 2 amide bonds. The summed E-state index contributed by atoms with van der Waals surface area (Å²) < 4.78 is 11.6. The Morgan fingerprint density at radius 1 is 1.20 bits per heavy atom. The number of carbonyl (C=O) groups is 1. The first-order valence-corrected chi connectivity index (χ1v) is 9.08. The van der Waals surface area contributed by atoms with Crippen molar-refractivity contribution in [2.75, 3.05) is 18.8 Å². The van der Waals surface area contributed by atoms with Gasteiger partial charge in [-0.1, -0.05) is 6.42 Å². The summed E-state index contributed by atoms with van der Waals surface area (Å²) in [7, 11) is -0.904. The van der Waals surface area contributed by atoms with Crippen LogP contribution in [0.1, 0.15) is 46.5 Å². The maximum Gasteiger partial charge on any atom is 0.314 e. The zero-order valence-corrected chi connectivity index (χ0v) is 13.7. The second-order valence-corrected chi connectivity index (χ2v) is 9.56. The standard InChI is InChI=1S/C15H28N2O2S/c1-15(2,3)20(19)7-6-16-14(18)17-10-13-9-11-4-5-12(13)8-11/h11-13H,4-10H2,1-3H3,(H2,16,17,18)/t11-,12-,13+,20+/m0/s1. The Bertz CT molecular complexity index is 379. The quantitative estimate of drug-likeness (QED) is 0.818. The van der Waals surface area contributed by atoms with Gasteiger partial charge in [0.15, 0.2) is 0 Å². The normalized spacial score (nSPS) is 30.2. The molecule has 5 heteroatoms. The molecule has 2 aliphatic carbocycles. The molecular weight excluding hydrogens is 272 g/mol. The molecule has 0 aromatic carbocycles. The molecule has 2 N–H and O–H groups in total. The van der Waals surface area contributed by atoms with E-state index in [9.17, 15) is 9.00 Å². The van der Waals surface area contributed by atoms with Gasteiger partial charge in [-0.3, -0.25) is 4.21 Å². The maximum atomic E-state index is 11.8. The van der Waals surface area contributed by atoms with Crippen molar-refractivity contribution in [1.29, 1.82) is 0 Å². The van der Waals surface area contributed by atoms with E-state index in [4.69, 9.17) is 0 Å². The van der Waals surface area contributed by atoms with Crippen molar-refractivity contribution >= 4 is 16.8 Å². The van der Waals surface area contributed by atoms with Crippen LogP contribution < -0.4 is 10.6 Å². The third-order valence-electron chi connectivity index (χ3n) is 4.67. The summed E-state index contributed by atoms with van der Waals surface area (Å²) in [6, 6.07) is -0.112. The average molecular weight is 300 g/mol. The first kappa shape index (κ1) is 15.8. The van der Waals surface area contributed by atoms with Crippen molar-refractivity contribution in [2.24, 2.45) is 17.8 Å². The van der Waals surface area contributed by atoms with Crippen molar-refractivity contribution < 1.29 is 9.00 Å². The minimum absolute atomic E-state index is 0.112. The van der Waals surface area contributed by atoms with Gasteiger partial charge in [0.05, 0.1) is 0 Å². The topological polar surface area (TPSA) is 58.2 Å². The monoisotopic (exact) mass is 300 g/mol. The van der Waals surface area contributed by atoms with Gasteiger partial charge in [-0.15, -0.1) is 0 Å². The van der Waals surface area contributed by atoms with Crippen LogP contribution in [0.15, 0.2) is 0 Å². The Morgan fingerprint density at radius 3 is 2.50 bits per heavy atom. The van der Waals surface area contributed by atoms with Gasteiger partial charge >= 0.3 is 6.03 Å². The molecule has 4 nitrogen and oxygen atoms in total. The number of rotatable bonds is 5. The number of nitrogens with one attached hydrogen (secondary N) is 2. The van der Waals surface area contributed by atoms with Gasteiger partial charge in [0.1, 0.15) is 0 Å². The summed E-state index contributed by atoms with van der Waals surface area (Å²) >= 11 is 0. The highest BCUT2D eigenvalue weighted by molar-refractivity contribution is 7.86. The Labute approximate surface area is 124 Å². The molecule has 2 bridgehead atoms. The van der Waals surface area contributed by atoms with Crippen LogP contribution in [0.4, 0.5) is 4.79 Å². The predicted molar refractivity (Wildman–Crippen MR) is 83.1 cm³/mol. The van der Waals surface area contributed by atoms with E-state index in [0.717, 1.165) is 18.4 Å². The highest BCUT2D eigenvalue weighted by atomic mass is 32.2. The Balaban J connectivity index is 1.58. The molecule has 0 unspecified atom stereocenters. The molecule has 20 heavy (non-hydrogen) atoms. The lowest BCUT2D eigenvalue weighted by atomic mass is 9.89. The fraction of sp³-hybridized carbons (Fsp3) is 0.933. The van der Waals surface area contributed by atoms with Crippen LogP contribution in [0.25, 0.3) is 0 Å². The second-order valence-electron chi connectivity index (χ2n) is 7.23. The van der Waals surface area contributed by atoms with Crippen molar-refractivity contribution in [3.63, 3.8) is 0 Å². The molecular formula is C15H28N2O2S. The van der Waals surface area contributed by atoms with E-state index in [0.29, 0.717) is 18.2 Å². The molecule has 4 atom stereocenters. The van der Waals surface area contributed by atoms with Crippen molar-refractivity contribution in [3.8, 4) is 0 Å². The van der Waals surface area contributed by atoms with E-state index >= 15 is 0 Å². The largest absolute Gasteiger partial charge is 0.338 e. The highest BCUT2D eigenvalue weighted by Crippen LogP contribution is 2.47. The maximum absolute atomic E-state index is 11.8. The molecule has 0 saturated heterocycles. The zero-order valence-electron chi connectivity index (χ0n) is 12.9. The molecule has 0 spiro atoms. The smallest absolute Gasteiger partial charge is 0.314 e. The van der Waals surface area contributed by atoms with Gasteiger partial charge in [-0.05, 0) is 57.8 Å². The van der Waals surface area contributed by atoms with E-state index in [1.807, 2.05) is 20.8 Å². The third-order valence-corrected chi connectivity index (χ3v) is 6.61. The van der Waals surface area contributed by atoms with E-state index in [1.54, 1.807) is 0 Å². The Kier molecular flexibility index (Phi) is 5.10. The second kappa shape index (κ2) is 6.46. The van der Waals surface area contributed by atoms with E-state index in [-0.39, 0.29) is 10.8 Å². The summed E-state index contributed by atoms with van der Waals surface area (Å²) in [5, 5.41) is 5.78. The SMILES string of the molecule is CC(C)(C)[S@](=O)CCNC(=O)NC[C@H]1C[C@H]2CC[C@H]1C2. The molecule has 116 valence electrons. The summed E-state index contributed by atoms with van der Waals surface area (Å²) in [6.45, 7) is 7.15. The molecule has 0 radical (unpaired) electrons. The van der Waals surface area contributed by atoms with Gasteiger partial charge in [-0.25, -0.2) is 4.79 Å². The fourth-order valence-electron chi connectivity index (χ4n) is 3.48. The lowest BCUT2D eigenvalue weighted by Gasteiger charge is -2.22. The Hall–Kier alpha value is -0.580. The van der Waals surface area contributed by atoms with Crippen LogP contribution in [0.2, 0.25) is 0 Å². The van der Waals surface area contributed by atoms with Crippen LogP contribution in [-0.2, 0) is 10.8 Å². The van der Waals surface area contributed by atoms with Crippen LogP contribution in [0.5, 0.6) is 0 Å². The fourth-order valence-corrected chi connectivity index (χ4v) is 4.38. The predicted octanol–water partition coefficient (Wildman–Crippen LogP) is 2.27. The zero-order chi connectivity index (χ0) is 14.8. The number of fused-ring (bicyclic) bond motifs is 2. The summed E-state index contributed by atoms with van der Waals surface area (Å²) in [5.74, 6) is 2.96. The van der Waals surface area contributed by atoms with Crippen molar-refractivity contribution in [3.05, 3.63) is 0 Å². The van der Waals surface area contributed by atoms with Gasteiger partial charge in [0.2, 0.25) is 0 Å². The van der Waals surface area contributed by atoms with Crippen LogP contribution >= 0.6 is 0 Å². The number of hydrogen-bond donors (Lipinski definition) is 2. The van der Waals surface area contributed by atoms with Crippen LogP contribution in [0, 0.1) is 17.8 Å². The number of carbonyl (C=O) groups excluding carboxylic acids is 1. The molecule has 0 heterocycles. The molecule has 0 aliphatic heterocycles. The lowest BCUT2D eigenvalue weighted by molar-refractivity contribution is 0.235. The summed E-state index contributed by atoms with van der Waals surface area (Å²) in [4.78, 5) is 11.7. The third kappa shape index (κ3) is 4.21. The number of urea groups is 1. The van der Waals surface area contributed by atoms with E-state index < -0.39 is 10.8 Å². The van der Waals surface area contributed by atoms with Crippen molar-refractivity contribution in [1.82, 2.24) is 10.6 Å². The van der Waals surface area contributed by atoms with E-state index in [2.05, 4.69) is 10.6 Å². The molecule has 2 aliphatic rings. The number of hydrogen-bond acceptors (Lipinski definition) is 2. The molecule has 0 aromatic heterocycles.